The zero-order valence-electron chi connectivity index (χ0n) is 51.5. The number of nitrogens with zero attached hydrogens (tertiary/aromatic N) is 3. The Balaban J connectivity index is 1.27. The Kier molecular flexibility index (Phi) is 11.7. The highest BCUT2D eigenvalue weighted by atomic mass is 15.3. The molecule has 0 N–H and O–H groups in total. The summed E-state index contributed by atoms with van der Waals surface area (Å²) in [6.45, 7) is 45.9. The van der Waals surface area contributed by atoms with E-state index in [9.17, 15) is 0 Å². The van der Waals surface area contributed by atoms with Crippen molar-refractivity contribution in [3.05, 3.63) is 190 Å². The third-order valence-electron chi connectivity index (χ3n) is 20.0. The van der Waals surface area contributed by atoms with Crippen LogP contribution in [0, 0.1) is 0 Å². The van der Waals surface area contributed by atoms with Gasteiger partial charge in [0, 0.05) is 56.1 Å². The molecule has 0 spiro atoms. The first-order valence-corrected chi connectivity index (χ1v) is 29.9. The normalized spacial score (nSPS) is 20.2. The number of hydrogen-bond donors (Lipinski definition) is 0. The largest absolute Gasteiger partial charge is 0.335 e. The number of anilines is 7. The van der Waals surface area contributed by atoms with E-state index in [0.717, 1.165) is 17.8 Å². The zero-order chi connectivity index (χ0) is 56.5. The molecule has 5 aliphatic rings. The summed E-state index contributed by atoms with van der Waals surface area (Å²) in [6.07, 6.45) is 4.77. The smallest absolute Gasteiger partial charge is 0.248 e. The van der Waals surface area contributed by atoms with E-state index in [1.165, 1.54) is 120 Å². The summed E-state index contributed by atoms with van der Waals surface area (Å²) >= 11 is 0. The van der Waals surface area contributed by atoms with Crippen molar-refractivity contribution in [3.8, 4) is 11.1 Å². The minimum Gasteiger partial charge on any atom is -0.335 e. The van der Waals surface area contributed by atoms with E-state index in [-0.39, 0.29) is 50.2 Å². The van der Waals surface area contributed by atoms with Crippen molar-refractivity contribution in [2.75, 3.05) is 14.7 Å². The van der Waals surface area contributed by atoms with Crippen molar-refractivity contribution in [2.45, 2.75) is 201 Å². The first kappa shape index (κ1) is 53.4. The molecule has 2 aliphatic carbocycles. The number of allylic oxidation sites excluding steroid dienone is 1. The third kappa shape index (κ3) is 8.09. The summed E-state index contributed by atoms with van der Waals surface area (Å²) in [5.74, 6) is 0. The summed E-state index contributed by atoms with van der Waals surface area (Å²) in [5.41, 5.74) is 27.6. The van der Waals surface area contributed by atoms with E-state index < -0.39 is 0 Å². The van der Waals surface area contributed by atoms with Gasteiger partial charge in [-0.15, -0.1) is 0 Å². The molecule has 406 valence electrons. The van der Waals surface area contributed by atoms with E-state index in [2.05, 4.69) is 286 Å². The fourth-order valence-electron chi connectivity index (χ4n) is 14.9. The van der Waals surface area contributed by atoms with Crippen molar-refractivity contribution in [2.24, 2.45) is 0 Å². The molecule has 12 rings (SSSR count). The zero-order valence-corrected chi connectivity index (χ0v) is 51.5. The third-order valence-corrected chi connectivity index (χ3v) is 20.0. The summed E-state index contributed by atoms with van der Waals surface area (Å²) in [5, 5.41) is 0. The molecule has 4 heteroatoms. The van der Waals surface area contributed by atoms with Crippen LogP contribution >= 0.6 is 0 Å². The maximum atomic E-state index is 2.95. The van der Waals surface area contributed by atoms with Crippen LogP contribution in [0.5, 0.6) is 0 Å². The van der Waals surface area contributed by atoms with Gasteiger partial charge in [-0.3, -0.25) is 0 Å². The van der Waals surface area contributed by atoms with Crippen LogP contribution < -0.4 is 25.6 Å². The Bertz CT molecular complexity index is 3580. The minimum absolute atomic E-state index is 0.00468. The van der Waals surface area contributed by atoms with Gasteiger partial charge in [0.1, 0.15) is 0 Å². The molecule has 1 fully saturated rings. The lowest BCUT2D eigenvalue weighted by Gasteiger charge is -2.53. The lowest BCUT2D eigenvalue weighted by atomic mass is 9.30. The molecule has 7 aromatic rings. The van der Waals surface area contributed by atoms with Crippen LogP contribution in [0.1, 0.15) is 202 Å². The highest BCUT2D eigenvalue weighted by molar-refractivity contribution is 6.96. The predicted octanol–water partition coefficient (Wildman–Crippen LogP) is 19.4. The fourth-order valence-corrected chi connectivity index (χ4v) is 14.9. The van der Waals surface area contributed by atoms with Gasteiger partial charge in [0.15, 0.2) is 0 Å². The molecule has 2 unspecified atom stereocenters. The molecule has 0 radical (unpaired) electrons. The standard InChI is InChI=1S/C75H88BN3/c1-68(2,3)48-27-33-53(34-28-48)77(54-35-29-49(30-36-54)69(4,5)6)55-45-62-64-63(46-55)79-66-59(74(18)39-23-24-40-75(74,79)19)43-52(72(13,14)15)44-60(66)76(64)67-65(56-37-31-51(71(10,11)12)42-58(56)73(67,16)17)78(62)61-38-32-50(70(7,8)9)41-57(61)47-25-21-20-22-26-47/h20-22,25-38,41-46H,23-24,39-40H2,1-19H3. The van der Waals surface area contributed by atoms with E-state index >= 15 is 0 Å². The summed E-state index contributed by atoms with van der Waals surface area (Å²) in [6, 6.07) is 55.8. The van der Waals surface area contributed by atoms with Gasteiger partial charge in [-0.1, -0.05) is 234 Å². The molecule has 79 heavy (non-hydrogen) atoms. The molecule has 3 nitrogen and oxygen atoms in total. The topological polar surface area (TPSA) is 9.72 Å². The first-order chi connectivity index (χ1) is 36.8. The van der Waals surface area contributed by atoms with Crippen LogP contribution in [0.25, 0.3) is 16.8 Å². The molecular weight excluding hydrogens is 954 g/mol. The van der Waals surface area contributed by atoms with Gasteiger partial charge in [0.25, 0.3) is 0 Å². The highest BCUT2D eigenvalue weighted by Gasteiger charge is 2.63. The second-order valence-corrected chi connectivity index (χ2v) is 30.7. The van der Waals surface area contributed by atoms with Crippen LogP contribution in [-0.2, 0) is 37.9 Å². The van der Waals surface area contributed by atoms with Gasteiger partial charge in [-0.05, 0) is 151 Å². The number of benzene rings is 7. The average molecular weight is 1040 g/mol. The average Bonchev–Trinajstić information content (AvgIpc) is 2.03. The van der Waals surface area contributed by atoms with Crippen LogP contribution in [0.15, 0.2) is 145 Å². The lowest BCUT2D eigenvalue weighted by molar-refractivity contribution is 0.195. The lowest BCUT2D eigenvalue weighted by Crippen LogP contribution is -2.62. The Morgan fingerprint density at radius 1 is 0.443 bits per heavy atom. The maximum Gasteiger partial charge on any atom is 0.248 e. The Morgan fingerprint density at radius 3 is 1.52 bits per heavy atom. The van der Waals surface area contributed by atoms with Crippen molar-refractivity contribution < 1.29 is 0 Å². The molecule has 3 aliphatic heterocycles. The number of fused-ring (bicyclic) bond motifs is 8. The molecule has 0 aromatic heterocycles. The minimum atomic E-state index is -0.317. The Morgan fingerprint density at radius 2 is 0.949 bits per heavy atom. The van der Waals surface area contributed by atoms with Crippen molar-refractivity contribution in [3.63, 3.8) is 0 Å². The highest BCUT2D eigenvalue weighted by Crippen LogP contribution is 2.65. The van der Waals surface area contributed by atoms with Gasteiger partial charge < -0.3 is 14.7 Å². The monoisotopic (exact) mass is 1040 g/mol. The van der Waals surface area contributed by atoms with Gasteiger partial charge in [-0.25, -0.2) is 0 Å². The molecule has 0 bridgehead atoms. The number of rotatable bonds is 5. The predicted molar refractivity (Wildman–Crippen MR) is 343 cm³/mol. The summed E-state index contributed by atoms with van der Waals surface area (Å²) in [7, 11) is 0. The Labute approximate surface area is 476 Å². The van der Waals surface area contributed by atoms with Gasteiger partial charge in [0.05, 0.1) is 16.9 Å². The second kappa shape index (κ2) is 17.4. The number of hydrogen-bond acceptors (Lipinski definition) is 3. The maximum absolute atomic E-state index is 2.95. The molecule has 0 amide bonds. The molecule has 0 saturated heterocycles. The summed E-state index contributed by atoms with van der Waals surface area (Å²) in [4.78, 5) is 8.31. The van der Waals surface area contributed by atoms with Crippen molar-refractivity contribution >= 4 is 63.1 Å². The van der Waals surface area contributed by atoms with Crippen LogP contribution in [0.4, 0.5) is 39.8 Å². The van der Waals surface area contributed by atoms with Gasteiger partial charge >= 0.3 is 0 Å². The quantitative estimate of drug-likeness (QED) is 0.159. The SMILES string of the molecule is CC(C)(C)c1ccc(N(c2ccc(C(C)(C)C)cc2)c2cc3c4c(c2)N2c5c(cc(C(C)(C)C)cc5C5(C)CCCCC25C)B4C2=C(c4ccc(C(C)(C)C)cc4C2(C)C)N3c2ccc(C(C)(C)C)cc2-c2ccccc2)cc1. The van der Waals surface area contributed by atoms with Gasteiger partial charge in [0.2, 0.25) is 6.71 Å². The van der Waals surface area contributed by atoms with Gasteiger partial charge in [-0.2, -0.15) is 0 Å². The van der Waals surface area contributed by atoms with E-state index in [4.69, 9.17) is 0 Å². The van der Waals surface area contributed by atoms with Crippen LogP contribution in [0.3, 0.4) is 0 Å². The van der Waals surface area contributed by atoms with E-state index in [0.29, 0.717) is 0 Å². The molecule has 7 aromatic carbocycles. The fraction of sp³-hybridized carbons (Fsp3) is 0.413. The second-order valence-electron chi connectivity index (χ2n) is 30.7. The van der Waals surface area contributed by atoms with Crippen molar-refractivity contribution in [1.82, 2.24) is 0 Å². The summed E-state index contributed by atoms with van der Waals surface area (Å²) < 4.78 is 0. The Hall–Kier alpha value is -6.26. The van der Waals surface area contributed by atoms with Crippen LogP contribution in [-0.4, -0.2) is 12.3 Å². The molecule has 1 saturated carbocycles. The molecule has 2 atom stereocenters. The van der Waals surface area contributed by atoms with Crippen molar-refractivity contribution in [1.29, 1.82) is 0 Å². The first-order valence-electron chi connectivity index (χ1n) is 29.9. The molecular formula is C75H88BN3. The molecule has 3 heterocycles. The van der Waals surface area contributed by atoms with E-state index in [1.807, 2.05) is 0 Å². The van der Waals surface area contributed by atoms with E-state index in [1.54, 1.807) is 5.56 Å². The van der Waals surface area contributed by atoms with Crippen LogP contribution in [0.2, 0.25) is 0 Å².